The van der Waals surface area contributed by atoms with E-state index in [2.05, 4.69) is 0 Å². The Morgan fingerprint density at radius 2 is 1.58 bits per heavy atom. The van der Waals surface area contributed by atoms with Crippen LogP contribution in [-0.2, 0) is 0 Å². The summed E-state index contributed by atoms with van der Waals surface area (Å²) in [5.74, 6) is 2.13. The molecule has 0 heterocycles. The summed E-state index contributed by atoms with van der Waals surface area (Å²) in [5, 5.41) is 11.1. The van der Waals surface area contributed by atoms with Crippen LogP contribution in [0.3, 0.4) is 0 Å². The molecular weight excluding hydrogens is 319 g/mol. The summed E-state index contributed by atoms with van der Waals surface area (Å²) in [4.78, 5) is 1.90. The molecule has 0 aliphatic carbocycles. The molecule has 5 heteroatoms. The average molecular weight is 331 g/mol. The normalized spacial score (nSPS) is 10.6. The molecule has 0 saturated heterocycles. The third kappa shape index (κ3) is 4.53. The Hall–Kier alpha value is -0.480. The van der Waals surface area contributed by atoms with Gasteiger partial charge in [-0.3, -0.25) is 0 Å². The van der Waals surface area contributed by atoms with Crippen LogP contribution >= 0.6 is 46.7 Å². The number of hydrogen-bond donors (Lipinski definition) is 1. The van der Waals surface area contributed by atoms with Crippen molar-refractivity contribution < 1.29 is 5.11 Å². The van der Waals surface area contributed by atoms with Crippen molar-refractivity contribution in [3.63, 3.8) is 0 Å². The van der Waals surface area contributed by atoms with Gasteiger partial charge in [-0.25, -0.2) is 0 Å². The molecule has 1 N–H and O–H groups in total. The smallest absolute Gasteiger partial charge is 0.129 e. The lowest BCUT2D eigenvalue weighted by molar-refractivity contribution is 0.462. The fourth-order valence-electron chi connectivity index (χ4n) is 1.47. The van der Waals surface area contributed by atoms with Crippen molar-refractivity contribution in [1.29, 1.82) is 0 Å². The molecule has 1 nitrogen and oxygen atoms in total. The molecule has 2 aromatic rings. The van der Waals surface area contributed by atoms with E-state index in [9.17, 15) is 5.11 Å². The molecule has 100 valence electrons. The molecule has 0 aromatic heterocycles. The molecule has 0 amide bonds. The summed E-state index contributed by atoms with van der Waals surface area (Å²) < 4.78 is 0. The minimum Gasteiger partial charge on any atom is -0.507 e. The van der Waals surface area contributed by atoms with Crippen molar-refractivity contribution >= 4 is 46.7 Å². The molecule has 0 atom stereocenters. The van der Waals surface area contributed by atoms with Gasteiger partial charge in [-0.15, -0.1) is 23.5 Å². The Labute approximate surface area is 131 Å². The van der Waals surface area contributed by atoms with Gasteiger partial charge in [0.15, 0.2) is 0 Å². The van der Waals surface area contributed by atoms with Gasteiger partial charge in [0.05, 0.1) is 5.02 Å². The number of phenolic OH excluding ortho intramolecular Hbond substituents is 1. The van der Waals surface area contributed by atoms with E-state index in [-0.39, 0.29) is 0 Å². The third-order valence-electron chi connectivity index (χ3n) is 2.36. The van der Waals surface area contributed by atoms with Gasteiger partial charge < -0.3 is 5.11 Å². The van der Waals surface area contributed by atoms with E-state index in [1.807, 2.05) is 30.3 Å². The lowest BCUT2D eigenvalue weighted by atomic mass is 10.3. The molecule has 0 fully saturated rings. The zero-order valence-corrected chi connectivity index (χ0v) is 13.1. The molecule has 0 spiro atoms. The first kappa shape index (κ1) is 14.9. The van der Waals surface area contributed by atoms with Gasteiger partial charge in [0.25, 0.3) is 0 Å². The quantitative estimate of drug-likeness (QED) is 0.570. The molecule has 0 bridgehead atoms. The van der Waals surface area contributed by atoms with Crippen molar-refractivity contribution in [2.45, 2.75) is 9.79 Å². The standard InChI is InChI=1S/C14H12Cl2OS2/c15-10-5-6-11(16)14(9-10)19-8-7-18-13-4-2-1-3-12(13)17/h1-6,9,17H,7-8H2. The Morgan fingerprint density at radius 3 is 2.32 bits per heavy atom. The minimum absolute atomic E-state index is 0.332. The van der Waals surface area contributed by atoms with Crippen LogP contribution in [0.15, 0.2) is 52.3 Å². The van der Waals surface area contributed by atoms with Crippen molar-refractivity contribution in [1.82, 2.24) is 0 Å². The number of phenols is 1. The predicted molar refractivity (Wildman–Crippen MR) is 86.0 cm³/mol. The minimum atomic E-state index is 0.332. The molecule has 2 aromatic carbocycles. The van der Waals surface area contributed by atoms with Gasteiger partial charge in [0, 0.05) is 26.3 Å². The van der Waals surface area contributed by atoms with E-state index in [0.29, 0.717) is 10.8 Å². The Balaban J connectivity index is 1.84. The fourth-order valence-corrected chi connectivity index (χ4v) is 3.90. The second kappa shape index (κ2) is 7.34. The molecule has 2 rings (SSSR count). The molecular formula is C14H12Cl2OS2. The third-order valence-corrected chi connectivity index (χ3v) is 5.41. The number of aromatic hydroxyl groups is 1. The highest BCUT2D eigenvalue weighted by Gasteiger charge is 2.04. The lowest BCUT2D eigenvalue weighted by Crippen LogP contribution is -1.85. The number of thioether (sulfide) groups is 2. The highest BCUT2D eigenvalue weighted by molar-refractivity contribution is 8.03. The fraction of sp³-hybridized carbons (Fsp3) is 0.143. The highest BCUT2D eigenvalue weighted by Crippen LogP contribution is 2.32. The largest absolute Gasteiger partial charge is 0.507 e. The van der Waals surface area contributed by atoms with Crippen molar-refractivity contribution in [2.24, 2.45) is 0 Å². The van der Waals surface area contributed by atoms with E-state index >= 15 is 0 Å². The van der Waals surface area contributed by atoms with Gasteiger partial charge in [0.2, 0.25) is 0 Å². The molecule has 0 aliphatic rings. The van der Waals surface area contributed by atoms with Gasteiger partial charge in [-0.2, -0.15) is 0 Å². The Bertz CT molecular complexity index is 561. The molecule has 0 unspecified atom stereocenters. The summed E-state index contributed by atoms with van der Waals surface area (Å²) in [6.45, 7) is 0. The van der Waals surface area contributed by atoms with Crippen LogP contribution in [-0.4, -0.2) is 16.6 Å². The van der Waals surface area contributed by atoms with Gasteiger partial charge in [-0.05, 0) is 30.3 Å². The van der Waals surface area contributed by atoms with E-state index in [4.69, 9.17) is 23.2 Å². The van der Waals surface area contributed by atoms with Crippen molar-refractivity contribution in [3.8, 4) is 5.75 Å². The molecule has 0 aliphatic heterocycles. The second-order valence-corrected chi connectivity index (χ2v) is 6.86. The lowest BCUT2D eigenvalue weighted by Gasteiger charge is -2.06. The zero-order chi connectivity index (χ0) is 13.7. The van der Waals surface area contributed by atoms with Crippen LogP contribution < -0.4 is 0 Å². The first-order valence-corrected chi connectivity index (χ1v) is 8.38. The zero-order valence-electron chi connectivity index (χ0n) is 9.98. The van der Waals surface area contributed by atoms with Gasteiger partial charge in [-0.1, -0.05) is 35.3 Å². The van der Waals surface area contributed by atoms with Crippen LogP contribution in [0, 0.1) is 0 Å². The summed E-state index contributed by atoms with van der Waals surface area (Å²) >= 11 is 15.3. The summed E-state index contributed by atoms with van der Waals surface area (Å²) in [6, 6.07) is 12.8. The van der Waals surface area contributed by atoms with Gasteiger partial charge in [0.1, 0.15) is 5.75 Å². The molecule has 19 heavy (non-hydrogen) atoms. The molecule has 0 radical (unpaired) electrons. The van der Waals surface area contributed by atoms with E-state index < -0.39 is 0 Å². The second-order valence-electron chi connectivity index (χ2n) is 3.74. The van der Waals surface area contributed by atoms with Crippen LogP contribution in [0.1, 0.15) is 0 Å². The monoisotopic (exact) mass is 330 g/mol. The summed E-state index contributed by atoms with van der Waals surface area (Å²) in [7, 11) is 0. The number of hydrogen-bond acceptors (Lipinski definition) is 3. The van der Waals surface area contributed by atoms with E-state index in [1.54, 1.807) is 35.7 Å². The maximum atomic E-state index is 9.64. The van der Waals surface area contributed by atoms with Crippen molar-refractivity contribution in [2.75, 3.05) is 11.5 Å². The predicted octanol–water partition coefficient (Wildman–Crippen LogP) is 5.58. The highest BCUT2D eigenvalue weighted by atomic mass is 35.5. The Morgan fingerprint density at radius 1 is 0.895 bits per heavy atom. The van der Waals surface area contributed by atoms with E-state index in [0.717, 1.165) is 26.3 Å². The summed E-state index contributed by atoms with van der Waals surface area (Å²) in [5.41, 5.74) is 0. The maximum absolute atomic E-state index is 9.64. The van der Waals surface area contributed by atoms with Crippen LogP contribution in [0.5, 0.6) is 5.75 Å². The number of para-hydroxylation sites is 1. The first-order valence-electron chi connectivity index (χ1n) is 5.65. The van der Waals surface area contributed by atoms with E-state index in [1.165, 1.54) is 0 Å². The number of rotatable bonds is 5. The average Bonchev–Trinajstić information content (AvgIpc) is 2.40. The number of halogens is 2. The first-order chi connectivity index (χ1) is 9.16. The SMILES string of the molecule is Oc1ccccc1SCCSc1cc(Cl)ccc1Cl. The van der Waals surface area contributed by atoms with Gasteiger partial charge >= 0.3 is 0 Å². The topological polar surface area (TPSA) is 20.2 Å². The van der Waals surface area contributed by atoms with Crippen molar-refractivity contribution in [3.05, 3.63) is 52.5 Å². The maximum Gasteiger partial charge on any atom is 0.129 e. The van der Waals surface area contributed by atoms with Crippen LogP contribution in [0.25, 0.3) is 0 Å². The summed E-state index contributed by atoms with van der Waals surface area (Å²) in [6.07, 6.45) is 0. The number of benzene rings is 2. The van der Waals surface area contributed by atoms with Crippen LogP contribution in [0.4, 0.5) is 0 Å². The molecule has 0 saturated carbocycles. The Kier molecular flexibility index (Phi) is 5.76. The van der Waals surface area contributed by atoms with Crippen LogP contribution in [0.2, 0.25) is 10.0 Å².